The average Bonchev–Trinajstić information content (AvgIpc) is 3.11. The van der Waals surface area contributed by atoms with Gasteiger partial charge >= 0.3 is 0 Å². The smallest absolute Gasteiger partial charge is 0.191 e. The molecule has 3 rings (SSSR count). The van der Waals surface area contributed by atoms with Crippen molar-refractivity contribution in [2.45, 2.75) is 26.0 Å². The lowest BCUT2D eigenvalue weighted by Crippen LogP contribution is -2.44. The van der Waals surface area contributed by atoms with E-state index >= 15 is 0 Å². The summed E-state index contributed by atoms with van der Waals surface area (Å²) in [5.41, 5.74) is 0.899. The van der Waals surface area contributed by atoms with Crippen LogP contribution in [0.3, 0.4) is 0 Å². The molecule has 0 aliphatic heterocycles. The maximum atomic E-state index is 10.7. The molecule has 0 saturated heterocycles. The van der Waals surface area contributed by atoms with Crippen molar-refractivity contribution in [3.63, 3.8) is 0 Å². The fourth-order valence-corrected chi connectivity index (χ4v) is 2.99. The number of guanidine groups is 1. The van der Waals surface area contributed by atoms with Gasteiger partial charge in [-0.05, 0) is 30.2 Å². The van der Waals surface area contributed by atoms with E-state index in [1.165, 1.54) is 16.3 Å². The predicted octanol–water partition coefficient (Wildman–Crippen LogP) is 3.15. The Kier molecular flexibility index (Phi) is 7.82. The lowest BCUT2D eigenvalue weighted by molar-refractivity contribution is 0.0616. The van der Waals surface area contributed by atoms with Gasteiger partial charge in [-0.2, -0.15) is 5.10 Å². The summed E-state index contributed by atoms with van der Waals surface area (Å²) in [5.74, 6) is 0.676. The molecule has 0 amide bonds. The number of aliphatic hydroxyl groups is 1. The predicted molar refractivity (Wildman–Crippen MR) is 125 cm³/mol. The zero-order valence-electron chi connectivity index (χ0n) is 16.5. The first-order valence-electron chi connectivity index (χ1n) is 9.20. The number of hydrogen-bond acceptors (Lipinski definition) is 3. The van der Waals surface area contributed by atoms with Gasteiger partial charge in [0.15, 0.2) is 5.96 Å². The molecule has 1 atom stereocenters. The first-order valence-corrected chi connectivity index (χ1v) is 9.20. The van der Waals surface area contributed by atoms with Gasteiger partial charge in [0.1, 0.15) is 5.60 Å². The van der Waals surface area contributed by atoms with E-state index in [1.807, 2.05) is 32.3 Å². The molecule has 0 radical (unpaired) electrons. The second-order valence-corrected chi connectivity index (χ2v) is 6.86. The van der Waals surface area contributed by atoms with Crippen LogP contribution in [-0.4, -0.2) is 33.9 Å². The van der Waals surface area contributed by atoms with Crippen molar-refractivity contribution < 1.29 is 5.11 Å². The van der Waals surface area contributed by atoms with Crippen molar-refractivity contribution in [3.8, 4) is 0 Å². The van der Waals surface area contributed by atoms with Crippen LogP contribution in [0.5, 0.6) is 0 Å². The zero-order valence-corrected chi connectivity index (χ0v) is 18.8. The third-order valence-corrected chi connectivity index (χ3v) is 4.56. The Bertz CT molecular complexity index is 930. The van der Waals surface area contributed by atoms with E-state index in [0.717, 1.165) is 12.1 Å². The van der Waals surface area contributed by atoms with Crippen molar-refractivity contribution in [2.75, 3.05) is 13.1 Å². The number of nitrogens with one attached hydrogen (secondary N) is 2. The fourth-order valence-electron chi connectivity index (χ4n) is 2.99. The number of fused-ring (bicyclic) bond motifs is 1. The number of halogens is 1. The molecular weight excluding hydrogens is 465 g/mol. The highest BCUT2D eigenvalue weighted by Crippen LogP contribution is 2.20. The number of benzene rings is 2. The maximum Gasteiger partial charge on any atom is 0.191 e. The molecule has 0 aliphatic carbocycles. The van der Waals surface area contributed by atoms with Gasteiger partial charge in [-0.25, -0.2) is 4.99 Å². The minimum absolute atomic E-state index is 0. The highest BCUT2D eigenvalue weighted by Gasteiger charge is 2.24. The van der Waals surface area contributed by atoms with Gasteiger partial charge in [0.05, 0.1) is 19.3 Å². The van der Waals surface area contributed by atoms with Gasteiger partial charge in [0.25, 0.3) is 0 Å². The van der Waals surface area contributed by atoms with Gasteiger partial charge in [0, 0.05) is 25.4 Å². The fraction of sp³-hybridized carbons (Fsp3) is 0.333. The van der Waals surface area contributed by atoms with Crippen molar-refractivity contribution >= 4 is 40.7 Å². The summed E-state index contributed by atoms with van der Waals surface area (Å²) in [6.07, 6.45) is 3.50. The first kappa shape index (κ1) is 22.2. The summed E-state index contributed by atoms with van der Waals surface area (Å²) in [6.45, 7) is 5.43. The van der Waals surface area contributed by atoms with Crippen molar-refractivity contribution in [2.24, 2.45) is 12.0 Å². The Balaban J connectivity index is 0.00000280. The van der Waals surface area contributed by atoms with Crippen LogP contribution >= 0.6 is 24.0 Å². The van der Waals surface area contributed by atoms with Crippen LogP contribution in [0.1, 0.15) is 25.0 Å². The van der Waals surface area contributed by atoms with Crippen molar-refractivity contribution in [1.82, 2.24) is 20.4 Å². The van der Waals surface area contributed by atoms with Crippen molar-refractivity contribution in [3.05, 3.63) is 66.0 Å². The molecule has 1 heterocycles. The Morgan fingerprint density at radius 3 is 2.64 bits per heavy atom. The number of rotatable bonds is 6. The molecule has 0 aliphatic rings. The number of aromatic nitrogens is 2. The lowest BCUT2D eigenvalue weighted by Gasteiger charge is -2.23. The third-order valence-electron chi connectivity index (χ3n) is 4.56. The SMILES string of the molecule is CCNC(=NCc1cccc2ccccc12)NCC(C)(O)c1cnn(C)c1.I. The van der Waals surface area contributed by atoms with E-state index < -0.39 is 5.60 Å². The van der Waals surface area contributed by atoms with Crippen molar-refractivity contribution in [1.29, 1.82) is 0 Å². The molecule has 1 unspecified atom stereocenters. The number of hydrogen-bond donors (Lipinski definition) is 3. The molecule has 0 fully saturated rings. The normalized spacial score (nSPS) is 13.6. The largest absolute Gasteiger partial charge is 0.383 e. The molecule has 7 heteroatoms. The first-order chi connectivity index (χ1) is 13.0. The summed E-state index contributed by atoms with van der Waals surface area (Å²) in [6, 6.07) is 14.6. The number of nitrogens with zero attached hydrogens (tertiary/aromatic N) is 3. The highest BCUT2D eigenvalue weighted by atomic mass is 127. The van der Waals surface area contributed by atoms with Gasteiger partial charge in [-0.1, -0.05) is 42.5 Å². The summed E-state index contributed by atoms with van der Waals surface area (Å²) >= 11 is 0. The summed E-state index contributed by atoms with van der Waals surface area (Å²) in [7, 11) is 1.84. The quantitative estimate of drug-likeness (QED) is 0.280. The van der Waals surface area contributed by atoms with E-state index in [2.05, 4.69) is 46.1 Å². The Hall–Kier alpha value is -2.13. The van der Waals surface area contributed by atoms with E-state index in [-0.39, 0.29) is 24.0 Å². The van der Waals surface area contributed by atoms with Crippen LogP contribution in [0.25, 0.3) is 10.8 Å². The number of aliphatic imine (C=N–C) groups is 1. The second kappa shape index (κ2) is 9.88. The average molecular weight is 493 g/mol. The monoisotopic (exact) mass is 493 g/mol. The molecule has 1 aromatic heterocycles. The van der Waals surface area contributed by atoms with Gasteiger partial charge < -0.3 is 15.7 Å². The lowest BCUT2D eigenvalue weighted by atomic mass is 10.00. The molecule has 0 saturated carbocycles. The van der Waals surface area contributed by atoms with E-state index in [0.29, 0.717) is 19.0 Å². The summed E-state index contributed by atoms with van der Waals surface area (Å²) in [4.78, 5) is 4.70. The molecule has 2 aromatic carbocycles. The summed E-state index contributed by atoms with van der Waals surface area (Å²) in [5, 5.41) is 23.8. The Labute approximate surface area is 183 Å². The van der Waals surface area contributed by atoms with Crippen LogP contribution in [-0.2, 0) is 19.2 Å². The molecule has 0 bridgehead atoms. The van der Waals surface area contributed by atoms with Crippen LogP contribution in [0.2, 0.25) is 0 Å². The van der Waals surface area contributed by atoms with Gasteiger partial charge in [0.2, 0.25) is 0 Å². The second-order valence-electron chi connectivity index (χ2n) is 6.86. The van der Waals surface area contributed by atoms with Crippen LogP contribution in [0.15, 0.2) is 59.9 Å². The highest BCUT2D eigenvalue weighted by molar-refractivity contribution is 14.0. The Morgan fingerprint density at radius 1 is 1.18 bits per heavy atom. The number of aryl methyl sites for hydroxylation is 1. The third kappa shape index (κ3) is 5.45. The minimum Gasteiger partial charge on any atom is -0.383 e. The van der Waals surface area contributed by atoms with Crippen LogP contribution in [0.4, 0.5) is 0 Å². The van der Waals surface area contributed by atoms with Gasteiger partial charge in [-0.3, -0.25) is 4.68 Å². The van der Waals surface area contributed by atoms with E-state index in [4.69, 9.17) is 4.99 Å². The molecule has 6 nitrogen and oxygen atoms in total. The molecule has 150 valence electrons. The van der Waals surface area contributed by atoms with E-state index in [9.17, 15) is 5.11 Å². The topological polar surface area (TPSA) is 74.5 Å². The van der Waals surface area contributed by atoms with Crippen LogP contribution in [0, 0.1) is 0 Å². The van der Waals surface area contributed by atoms with Crippen LogP contribution < -0.4 is 10.6 Å². The standard InChI is InChI=1S/C21H27N5O.HI/c1-4-22-20(24-15-21(2,27)18-13-25-26(3)14-18)23-12-17-10-7-9-16-8-5-6-11-19(16)17;/h5-11,13-14,27H,4,12,15H2,1-3H3,(H2,22,23,24);1H. The van der Waals surface area contributed by atoms with Gasteiger partial charge in [-0.15, -0.1) is 24.0 Å². The summed E-state index contributed by atoms with van der Waals surface area (Å²) < 4.78 is 1.68. The molecule has 28 heavy (non-hydrogen) atoms. The molecular formula is C21H28IN5O. The molecule has 0 spiro atoms. The zero-order chi connectivity index (χ0) is 19.3. The minimum atomic E-state index is -1.04. The van der Waals surface area contributed by atoms with E-state index in [1.54, 1.807) is 17.8 Å². The molecule has 3 N–H and O–H groups in total. The Morgan fingerprint density at radius 2 is 1.93 bits per heavy atom. The maximum absolute atomic E-state index is 10.7. The molecule has 3 aromatic rings.